The highest BCUT2D eigenvalue weighted by Gasteiger charge is 2.22. The van der Waals surface area contributed by atoms with Crippen molar-refractivity contribution in [2.45, 2.75) is 24.2 Å². The second-order valence-electron chi connectivity index (χ2n) is 9.32. The maximum absolute atomic E-state index is 9.95. The lowest BCUT2D eigenvalue weighted by atomic mass is 9.90. The monoisotopic (exact) mass is 487 g/mol. The first-order chi connectivity index (χ1) is 17.6. The minimum absolute atomic E-state index is 0.637. The zero-order valence-electron chi connectivity index (χ0n) is 20.4. The van der Waals surface area contributed by atoms with Crippen LogP contribution in [0.3, 0.4) is 0 Å². The Morgan fingerprint density at radius 3 is 2.58 bits per heavy atom. The molecule has 5 rings (SSSR count). The highest BCUT2D eigenvalue weighted by molar-refractivity contribution is 8.08. The maximum atomic E-state index is 9.95. The van der Waals surface area contributed by atoms with E-state index in [1.54, 1.807) is 11.8 Å². The molecule has 0 radical (unpaired) electrons. The summed E-state index contributed by atoms with van der Waals surface area (Å²) in [5, 5.41) is 12.3. The van der Waals surface area contributed by atoms with Crippen molar-refractivity contribution in [1.29, 1.82) is 5.26 Å². The molecule has 0 aliphatic carbocycles. The molecule has 4 heteroatoms. The lowest BCUT2D eigenvalue weighted by molar-refractivity contribution is 0.254. The fourth-order valence-corrected chi connectivity index (χ4v) is 5.97. The molecule has 4 aromatic rings. The SMILES string of the molecule is C=C(Sc1cccc2ccccc12)c1ccc(C(=C)N2CCC(Cc3cccnc3)CC2)cc1C#N. The average Bonchev–Trinajstić information content (AvgIpc) is 2.93. The van der Waals surface area contributed by atoms with Crippen LogP contribution in [0.2, 0.25) is 0 Å². The topological polar surface area (TPSA) is 39.9 Å². The van der Waals surface area contributed by atoms with E-state index < -0.39 is 0 Å². The number of rotatable bonds is 7. The summed E-state index contributed by atoms with van der Waals surface area (Å²) in [4.78, 5) is 8.62. The van der Waals surface area contributed by atoms with Crippen LogP contribution in [-0.2, 0) is 6.42 Å². The molecule has 1 saturated heterocycles. The Morgan fingerprint density at radius 1 is 1.00 bits per heavy atom. The average molecular weight is 488 g/mol. The number of piperidine rings is 1. The van der Waals surface area contributed by atoms with Gasteiger partial charge in [0, 0.05) is 46.5 Å². The van der Waals surface area contributed by atoms with E-state index in [0.29, 0.717) is 11.5 Å². The summed E-state index contributed by atoms with van der Waals surface area (Å²) >= 11 is 1.62. The summed E-state index contributed by atoms with van der Waals surface area (Å²) in [6, 6.07) is 27.3. The Bertz CT molecular complexity index is 1440. The van der Waals surface area contributed by atoms with Crippen LogP contribution in [0.4, 0.5) is 0 Å². The highest BCUT2D eigenvalue weighted by atomic mass is 32.2. The molecule has 1 aliphatic heterocycles. The van der Waals surface area contributed by atoms with Crippen LogP contribution in [0.5, 0.6) is 0 Å². The van der Waals surface area contributed by atoms with Crippen LogP contribution in [0.25, 0.3) is 21.4 Å². The Labute approximate surface area is 217 Å². The predicted octanol–water partition coefficient (Wildman–Crippen LogP) is 7.79. The first-order valence-electron chi connectivity index (χ1n) is 12.3. The van der Waals surface area contributed by atoms with Crippen LogP contribution in [0, 0.1) is 17.2 Å². The van der Waals surface area contributed by atoms with Gasteiger partial charge < -0.3 is 4.90 Å². The number of aromatic nitrogens is 1. The lowest BCUT2D eigenvalue weighted by Crippen LogP contribution is -2.32. The van der Waals surface area contributed by atoms with E-state index in [-0.39, 0.29) is 0 Å². The van der Waals surface area contributed by atoms with E-state index in [4.69, 9.17) is 0 Å². The second kappa shape index (κ2) is 10.8. The molecule has 36 heavy (non-hydrogen) atoms. The van der Waals surface area contributed by atoms with Crippen molar-refractivity contribution in [3.05, 3.63) is 121 Å². The molecular weight excluding hydrogens is 458 g/mol. The van der Waals surface area contributed by atoms with E-state index in [0.717, 1.165) is 59.0 Å². The van der Waals surface area contributed by atoms with Gasteiger partial charge in [0.1, 0.15) is 0 Å². The van der Waals surface area contributed by atoms with Gasteiger partial charge in [-0.15, -0.1) is 0 Å². The molecule has 0 bridgehead atoms. The van der Waals surface area contributed by atoms with Crippen LogP contribution >= 0.6 is 11.8 Å². The normalized spacial score (nSPS) is 13.9. The standard InChI is InChI=1S/C32H29N3S/c1-23(35-17-14-25(15-18-35)19-26-7-6-16-34-22-26)28-12-13-30(29(20-28)21-33)24(2)36-32-11-5-9-27-8-3-4-10-31(27)32/h3-13,16,20,22,25H,1-2,14-15,17-19H2. The minimum Gasteiger partial charge on any atom is -0.372 e. The number of fused-ring (bicyclic) bond motifs is 1. The van der Waals surface area contributed by atoms with Crippen molar-refractivity contribution in [3.63, 3.8) is 0 Å². The lowest BCUT2D eigenvalue weighted by Gasteiger charge is -2.35. The molecule has 1 fully saturated rings. The van der Waals surface area contributed by atoms with Gasteiger partial charge in [-0.3, -0.25) is 4.98 Å². The largest absolute Gasteiger partial charge is 0.372 e. The third-order valence-electron chi connectivity index (χ3n) is 7.00. The summed E-state index contributed by atoms with van der Waals surface area (Å²) in [6.07, 6.45) is 7.15. The summed E-state index contributed by atoms with van der Waals surface area (Å²) in [5.41, 5.74) is 4.82. The fraction of sp³-hybridized carbons (Fsp3) is 0.188. The number of hydrogen-bond acceptors (Lipinski definition) is 4. The summed E-state index contributed by atoms with van der Waals surface area (Å²) in [7, 11) is 0. The molecule has 0 amide bonds. The molecule has 1 aromatic heterocycles. The van der Waals surface area contributed by atoms with Crippen molar-refractivity contribution in [1.82, 2.24) is 9.88 Å². The summed E-state index contributed by atoms with van der Waals surface area (Å²) in [5.74, 6) is 0.671. The molecule has 0 saturated carbocycles. The second-order valence-corrected chi connectivity index (χ2v) is 10.5. The molecule has 2 heterocycles. The fourth-order valence-electron chi connectivity index (χ4n) is 4.97. The smallest absolute Gasteiger partial charge is 0.0998 e. The van der Waals surface area contributed by atoms with Crippen LogP contribution in [-0.4, -0.2) is 23.0 Å². The van der Waals surface area contributed by atoms with E-state index in [1.165, 1.54) is 16.3 Å². The summed E-state index contributed by atoms with van der Waals surface area (Å²) in [6.45, 7) is 10.7. The molecular formula is C32H29N3S. The van der Waals surface area contributed by atoms with Crippen LogP contribution in [0.1, 0.15) is 35.1 Å². The maximum Gasteiger partial charge on any atom is 0.0998 e. The van der Waals surface area contributed by atoms with Gasteiger partial charge in [-0.2, -0.15) is 5.26 Å². The first-order valence-corrected chi connectivity index (χ1v) is 13.2. The van der Waals surface area contributed by atoms with Gasteiger partial charge in [0.25, 0.3) is 0 Å². The third kappa shape index (κ3) is 5.22. The molecule has 1 aliphatic rings. The third-order valence-corrected chi connectivity index (χ3v) is 8.04. The number of nitrogens with zero attached hydrogens (tertiary/aromatic N) is 3. The number of likely N-dealkylation sites (tertiary alicyclic amines) is 1. The number of nitriles is 1. The Morgan fingerprint density at radius 2 is 1.81 bits per heavy atom. The zero-order valence-corrected chi connectivity index (χ0v) is 21.2. The molecule has 0 atom stereocenters. The predicted molar refractivity (Wildman–Crippen MR) is 151 cm³/mol. The van der Waals surface area contributed by atoms with Gasteiger partial charge in [0.05, 0.1) is 11.6 Å². The van der Waals surface area contributed by atoms with E-state index in [1.807, 2.05) is 36.7 Å². The van der Waals surface area contributed by atoms with Gasteiger partial charge >= 0.3 is 0 Å². The van der Waals surface area contributed by atoms with Gasteiger partial charge in [-0.1, -0.05) is 79.5 Å². The van der Waals surface area contributed by atoms with E-state index in [9.17, 15) is 5.26 Å². The van der Waals surface area contributed by atoms with Gasteiger partial charge in [0.2, 0.25) is 0 Å². The first kappa shape index (κ1) is 23.9. The van der Waals surface area contributed by atoms with Gasteiger partial charge in [-0.25, -0.2) is 0 Å². The number of thioether (sulfide) groups is 1. The van der Waals surface area contributed by atoms with E-state index >= 15 is 0 Å². The molecule has 0 unspecified atom stereocenters. The summed E-state index contributed by atoms with van der Waals surface area (Å²) < 4.78 is 0. The molecule has 0 N–H and O–H groups in total. The van der Waals surface area contributed by atoms with Crippen molar-refractivity contribution in [3.8, 4) is 6.07 Å². The molecule has 3 nitrogen and oxygen atoms in total. The van der Waals surface area contributed by atoms with Crippen molar-refractivity contribution < 1.29 is 0 Å². The minimum atomic E-state index is 0.637. The Balaban J connectivity index is 1.27. The van der Waals surface area contributed by atoms with Crippen molar-refractivity contribution in [2.24, 2.45) is 5.92 Å². The van der Waals surface area contributed by atoms with Crippen molar-refractivity contribution >= 4 is 33.1 Å². The number of hydrogen-bond donors (Lipinski definition) is 0. The number of benzene rings is 3. The van der Waals surface area contributed by atoms with Crippen LogP contribution < -0.4 is 0 Å². The highest BCUT2D eigenvalue weighted by Crippen LogP contribution is 2.39. The van der Waals surface area contributed by atoms with Crippen molar-refractivity contribution in [2.75, 3.05) is 13.1 Å². The van der Waals surface area contributed by atoms with Gasteiger partial charge in [-0.05, 0) is 65.3 Å². The van der Waals surface area contributed by atoms with E-state index in [2.05, 4.69) is 77.6 Å². The zero-order chi connectivity index (χ0) is 24.9. The Kier molecular flexibility index (Phi) is 7.21. The molecule has 178 valence electrons. The van der Waals surface area contributed by atoms with Gasteiger partial charge in [0.15, 0.2) is 0 Å². The molecule has 0 spiro atoms. The quantitative estimate of drug-likeness (QED) is 0.249. The number of pyridine rings is 1. The Hall–Kier alpha value is -3.81. The van der Waals surface area contributed by atoms with Crippen LogP contribution in [0.15, 0.2) is 103 Å². The molecule has 3 aromatic carbocycles.